The summed E-state index contributed by atoms with van der Waals surface area (Å²) in [5.41, 5.74) is 2.37. The maximum absolute atomic E-state index is 12.1. The number of aromatic nitrogens is 1. The number of aryl methyl sites for hydroxylation is 1. The third kappa shape index (κ3) is 4.77. The van der Waals surface area contributed by atoms with E-state index in [0.717, 1.165) is 28.4 Å². The van der Waals surface area contributed by atoms with Gasteiger partial charge in [-0.2, -0.15) is 0 Å². The van der Waals surface area contributed by atoms with Crippen molar-refractivity contribution in [3.63, 3.8) is 0 Å². The van der Waals surface area contributed by atoms with E-state index in [9.17, 15) is 4.79 Å². The zero-order valence-corrected chi connectivity index (χ0v) is 15.0. The normalized spacial score (nSPS) is 17.7. The Kier molecular flexibility index (Phi) is 5.84. The van der Waals surface area contributed by atoms with Crippen molar-refractivity contribution < 1.29 is 9.53 Å². The third-order valence-corrected chi connectivity index (χ3v) is 5.05. The Morgan fingerprint density at radius 2 is 2.42 bits per heavy atom. The topological polar surface area (TPSA) is 63.2 Å². The van der Waals surface area contributed by atoms with Gasteiger partial charge in [0.25, 0.3) is 0 Å². The largest absolute Gasteiger partial charge is 0.378 e. The molecule has 1 aliphatic heterocycles. The molecule has 1 fully saturated rings. The van der Waals surface area contributed by atoms with Crippen molar-refractivity contribution in [2.24, 2.45) is 0 Å². The second-order valence-corrected chi connectivity index (χ2v) is 7.41. The first-order valence-electron chi connectivity index (χ1n) is 7.91. The molecule has 2 heterocycles. The number of hydrogen-bond acceptors (Lipinski definition) is 5. The molecule has 0 bridgehead atoms. The van der Waals surface area contributed by atoms with Crippen molar-refractivity contribution in [1.82, 2.24) is 10.3 Å². The third-order valence-electron chi connectivity index (χ3n) is 3.90. The van der Waals surface area contributed by atoms with E-state index in [1.165, 1.54) is 16.9 Å². The maximum atomic E-state index is 12.1. The minimum atomic E-state index is -0.0402. The van der Waals surface area contributed by atoms with Crippen LogP contribution in [0.15, 0.2) is 24.4 Å². The minimum Gasteiger partial charge on any atom is -0.378 e. The second kappa shape index (κ2) is 8.07. The molecule has 1 aromatic carbocycles. The molecule has 1 aliphatic rings. The van der Waals surface area contributed by atoms with Crippen LogP contribution in [0.2, 0.25) is 5.02 Å². The fraction of sp³-hybridized carbons (Fsp3) is 0.412. The lowest BCUT2D eigenvalue weighted by molar-refractivity contribution is -0.117. The number of ether oxygens (including phenoxy) is 1. The molecule has 1 atom stereocenters. The van der Waals surface area contributed by atoms with Crippen molar-refractivity contribution >= 4 is 34.0 Å². The van der Waals surface area contributed by atoms with Gasteiger partial charge in [0, 0.05) is 41.5 Å². The molecule has 1 amide bonds. The molecule has 3 rings (SSSR count). The molecular weight excluding hydrogens is 346 g/mol. The van der Waals surface area contributed by atoms with Crippen LogP contribution in [0.4, 0.5) is 5.13 Å². The Labute approximate surface area is 150 Å². The fourth-order valence-corrected chi connectivity index (χ4v) is 3.72. The molecule has 0 spiro atoms. The van der Waals surface area contributed by atoms with Crippen LogP contribution in [0.1, 0.15) is 22.4 Å². The Hall–Kier alpha value is -1.47. The van der Waals surface area contributed by atoms with Gasteiger partial charge in [-0.1, -0.05) is 17.7 Å². The van der Waals surface area contributed by atoms with Crippen molar-refractivity contribution in [1.29, 1.82) is 0 Å². The van der Waals surface area contributed by atoms with Gasteiger partial charge in [0.2, 0.25) is 5.91 Å². The molecule has 0 saturated carbocycles. The van der Waals surface area contributed by atoms with E-state index in [1.54, 1.807) is 0 Å². The number of hydrogen-bond donors (Lipinski definition) is 2. The lowest BCUT2D eigenvalue weighted by atomic mass is 10.1. The molecule has 2 N–H and O–H groups in total. The predicted octanol–water partition coefficient (Wildman–Crippen LogP) is 3.01. The van der Waals surface area contributed by atoms with Crippen LogP contribution < -0.4 is 10.6 Å². The number of benzene rings is 1. The number of rotatable bonds is 5. The highest BCUT2D eigenvalue weighted by Crippen LogP contribution is 2.24. The molecule has 2 aromatic rings. The molecule has 1 aromatic heterocycles. The average Bonchev–Trinajstić information content (AvgIpc) is 2.98. The standard InChI is InChI=1S/C17H20ClN3O2S/c1-11-6-13(18)3-2-12(11)7-15-9-20-17(24-15)21-16(22)8-14-10-23-5-4-19-14/h2-3,6,9,14,19H,4-5,7-8,10H2,1H3,(H,20,21,22). The summed E-state index contributed by atoms with van der Waals surface area (Å²) in [6.07, 6.45) is 3.00. The van der Waals surface area contributed by atoms with Crippen LogP contribution in [0.5, 0.6) is 0 Å². The summed E-state index contributed by atoms with van der Waals surface area (Å²) in [5.74, 6) is -0.0402. The monoisotopic (exact) mass is 365 g/mol. The number of thiazole rings is 1. The Morgan fingerprint density at radius 1 is 1.54 bits per heavy atom. The van der Waals surface area contributed by atoms with Crippen LogP contribution in [-0.2, 0) is 16.0 Å². The number of anilines is 1. The zero-order chi connectivity index (χ0) is 16.9. The molecule has 128 valence electrons. The summed E-state index contributed by atoms with van der Waals surface area (Å²) >= 11 is 7.49. The Morgan fingerprint density at radius 3 is 3.17 bits per heavy atom. The van der Waals surface area contributed by atoms with Crippen molar-refractivity contribution in [2.45, 2.75) is 25.8 Å². The molecule has 5 nitrogen and oxygen atoms in total. The number of carbonyl (C=O) groups excluding carboxylic acids is 1. The van der Waals surface area contributed by atoms with E-state index in [4.69, 9.17) is 16.3 Å². The fourth-order valence-electron chi connectivity index (χ4n) is 2.64. The summed E-state index contributed by atoms with van der Waals surface area (Å²) < 4.78 is 5.36. The van der Waals surface area contributed by atoms with Gasteiger partial charge in [-0.05, 0) is 30.2 Å². The zero-order valence-electron chi connectivity index (χ0n) is 13.5. The van der Waals surface area contributed by atoms with Gasteiger partial charge in [-0.3, -0.25) is 4.79 Å². The van der Waals surface area contributed by atoms with E-state index in [2.05, 4.69) is 15.6 Å². The van der Waals surface area contributed by atoms with Crippen molar-refractivity contribution in [2.75, 3.05) is 25.1 Å². The van der Waals surface area contributed by atoms with Gasteiger partial charge >= 0.3 is 0 Å². The average molecular weight is 366 g/mol. The molecule has 0 radical (unpaired) electrons. The van der Waals surface area contributed by atoms with E-state index >= 15 is 0 Å². The molecule has 24 heavy (non-hydrogen) atoms. The highest BCUT2D eigenvalue weighted by Gasteiger charge is 2.17. The van der Waals surface area contributed by atoms with Crippen LogP contribution in [0.25, 0.3) is 0 Å². The van der Waals surface area contributed by atoms with Crippen LogP contribution in [0.3, 0.4) is 0 Å². The molecule has 7 heteroatoms. The Balaban J connectivity index is 1.55. The van der Waals surface area contributed by atoms with Gasteiger partial charge < -0.3 is 15.4 Å². The quantitative estimate of drug-likeness (QED) is 0.855. The minimum absolute atomic E-state index is 0.0402. The number of nitrogens with one attached hydrogen (secondary N) is 2. The highest BCUT2D eigenvalue weighted by molar-refractivity contribution is 7.15. The first-order chi connectivity index (χ1) is 11.6. The van der Waals surface area contributed by atoms with Crippen LogP contribution in [0, 0.1) is 6.92 Å². The SMILES string of the molecule is Cc1cc(Cl)ccc1Cc1cnc(NC(=O)CC2COCCN2)s1. The van der Waals surface area contributed by atoms with Crippen LogP contribution in [-0.4, -0.2) is 36.7 Å². The number of carbonyl (C=O) groups is 1. The first-order valence-corrected chi connectivity index (χ1v) is 9.10. The van der Waals surface area contributed by atoms with Gasteiger partial charge in [0.15, 0.2) is 5.13 Å². The Bertz CT molecular complexity index is 714. The van der Waals surface area contributed by atoms with Gasteiger partial charge in [0.1, 0.15) is 0 Å². The summed E-state index contributed by atoms with van der Waals surface area (Å²) in [6.45, 7) is 4.12. The maximum Gasteiger partial charge on any atom is 0.227 e. The summed E-state index contributed by atoms with van der Waals surface area (Å²) in [7, 11) is 0. The predicted molar refractivity (Wildman–Crippen MR) is 97.0 cm³/mol. The number of morpholine rings is 1. The first kappa shape index (κ1) is 17.4. The number of nitrogens with zero attached hydrogens (tertiary/aromatic N) is 1. The van der Waals surface area contributed by atoms with E-state index in [-0.39, 0.29) is 11.9 Å². The smallest absolute Gasteiger partial charge is 0.227 e. The van der Waals surface area contributed by atoms with Crippen LogP contribution >= 0.6 is 22.9 Å². The van der Waals surface area contributed by atoms with Gasteiger partial charge in [-0.25, -0.2) is 4.98 Å². The van der Waals surface area contributed by atoms with Crippen molar-refractivity contribution in [3.05, 3.63) is 45.4 Å². The lowest BCUT2D eigenvalue weighted by Gasteiger charge is -2.22. The van der Waals surface area contributed by atoms with E-state index in [0.29, 0.717) is 24.8 Å². The highest BCUT2D eigenvalue weighted by atomic mass is 35.5. The summed E-state index contributed by atoms with van der Waals surface area (Å²) in [4.78, 5) is 17.5. The summed E-state index contributed by atoms with van der Waals surface area (Å²) in [6, 6.07) is 5.96. The number of amides is 1. The van der Waals surface area contributed by atoms with E-state index in [1.807, 2.05) is 31.3 Å². The van der Waals surface area contributed by atoms with Crippen molar-refractivity contribution in [3.8, 4) is 0 Å². The second-order valence-electron chi connectivity index (χ2n) is 5.86. The van der Waals surface area contributed by atoms with E-state index < -0.39 is 0 Å². The molecule has 1 unspecified atom stereocenters. The summed E-state index contributed by atoms with van der Waals surface area (Å²) in [5, 5.41) is 7.52. The van der Waals surface area contributed by atoms with Gasteiger partial charge in [-0.15, -0.1) is 11.3 Å². The van der Waals surface area contributed by atoms with Gasteiger partial charge in [0.05, 0.1) is 13.2 Å². The molecular formula is C17H20ClN3O2S. The molecule has 1 saturated heterocycles. The number of halogens is 1. The lowest BCUT2D eigenvalue weighted by Crippen LogP contribution is -2.43. The molecule has 0 aliphatic carbocycles.